The van der Waals surface area contributed by atoms with Crippen molar-refractivity contribution in [2.24, 2.45) is 5.92 Å². The lowest BCUT2D eigenvalue weighted by molar-refractivity contribution is 0.0970. The molecule has 0 spiro atoms. The van der Waals surface area contributed by atoms with Crippen molar-refractivity contribution in [3.8, 4) is 0 Å². The number of hydrogen-bond donors (Lipinski definition) is 0. The second-order valence-electron chi connectivity index (χ2n) is 5.49. The maximum absolute atomic E-state index is 12.4. The SMILES string of the molecule is O=C(C[C@@H](c1ccc(Cl)cc1)C1CC1)c1ccccc1. The van der Waals surface area contributed by atoms with Gasteiger partial charge in [-0.1, -0.05) is 54.1 Å². The third-order valence-electron chi connectivity index (χ3n) is 3.99. The lowest BCUT2D eigenvalue weighted by Gasteiger charge is -2.16. The van der Waals surface area contributed by atoms with Gasteiger partial charge in [0, 0.05) is 17.0 Å². The number of rotatable bonds is 5. The van der Waals surface area contributed by atoms with Crippen molar-refractivity contribution >= 4 is 17.4 Å². The fourth-order valence-electron chi connectivity index (χ4n) is 2.71. The highest BCUT2D eigenvalue weighted by atomic mass is 35.5. The smallest absolute Gasteiger partial charge is 0.163 e. The van der Waals surface area contributed by atoms with Crippen molar-refractivity contribution in [2.45, 2.75) is 25.2 Å². The van der Waals surface area contributed by atoms with Gasteiger partial charge in [-0.15, -0.1) is 0 Å². The monoisotopic (exact) mass is 284 g/mol. The number of Topliss-reactive ketones (excluding diaryl/α,β-unsaturated/α-hetero) is 1. The summed E-state index contributed by atoms with van der Waals surface area (Å²) in [5, 5.41) is 0.748. The summed E-state index contributed by atoms with van der Waals surface area (Å²) in [5.74, 6) is 1.22. The van der Waals surface area contributed by atoms with E-state index in [1.807, 2.05) is 42.5 Å². The molecule has 1 saturated carbocycles. The molecule has 0 aliphatic heterocycles. The van der Waals surface area contributed by atoms with Crippen LogP contribution in [-0.4, -0.2) is 5.78 Å². The molecule has 0 amide bonds. The molecule has 3 rings (SSSR count). The minimum Gasteiger partial charge on any atom is -0.294 e. The number of ketones is 1. The average Bonchev–Trinajstić information content (AvgIpc) is 3.31. The highest BCUT2D eigenvalue weighted by Gasteiger charge is 2.33. The van der Waals surface area contributed by atoms with Gasteiger partial charge in [-0.25, -0.2) is 0 Å². The van der Waals surface area contributed by atoms with E-state index < -0.39 is 0 Å². The highest BCUT2D eigenvalue weighted by molar-refractivity contribution is 6.30. The molecule has 0 radical (unpaired) electrons. The second-order valence-corrected chi connectivity index (χ2v) is 5.93. The fourth-order valence-corrected chi connectivity index (χ4v) is 2.83. The molecule has 0 N–H and O–H groups in total. The molecule has 1 aliphatic rings. The van der Waals surface area contributed by atoms with Gasteiger partial charge < -0.3 is 0 Å². The van der Waals surface area contributed by atoms with Crippen LogP contribution >= 0.6 is 11.6 Å². The zero-order valence-corrected chi connectivity index (χ0v) is 12.0. The molecule has 1 atom stereocenters. The van der Waals surface area contributed by atoms with Crippen LogP contribution in [0.4, 0.5) is 0 Å². The Morgan fingerprint density at radius 3 is 2.30 bits per heavy atom. The molecule has 2 aromatic rings. The molecule has 0 unspecified atom stereocenters. The van der Waals surface area contributed by atoms with Crippen LogP contribution in [0.5, 0.6) is 0 Å². The molecule has 0 saturated heterocycles. The van der Waals surface area contributed by atoms with Crippen molar-refractivity contribution < 1.29 is 4.79 Å². The molecule has 20 heavy (non-hydrogen) atoms. The second kappa shape index (κ2) is 5.80. The number of benzene rings is 2. The molecular formula is C18H17ClO. The molecular weight excluding hydrogens is 268 g/mol. The minimum absolute atomic E-state index is 0.234. The van der Waals surface area contributed by atoms with Gasteiger partial charge in [0.05, 0.1) is 0 Å². The Kier molecular flexibility index (Phi) is 3.88. The lowest BCUT2D eigenvalue weighted by Crippen LogP contribution is -2.09. The van der Waals surface area contributed by atoms with E-state index in [1.54, 1.807) is 0 Å². The van der Waals surface area contributed by atoms with E-state index in [1.165, 1.54) is 18.4 Å². The molecule has 1 fully saturated rings. The third kappa shape index (κ3) is 3.10. The van der Waals surface area contributed by atoms with Gasteiger partial charge in [0.15, 0.2) is 5.78 Å². The zero-order chi connectivity index (χ0) is 13.9. The average molecular weight is 285 g/mol. The van der Waals surface area contributed by atoms with E-state index in [9.17, 15) is 4.79 Å². The summed E-state index contributed by atoms with van der Waals surface area (Å²) < 4.78 is 0. The quantitative estimate of drug-likeness (QED) is 0.698. The molecule has 102 valence electrons. The van der Waals surface area contributed by atoms with Crippen LogP contribution in [0.15, 0.2) is 54.6 Å². The first-order valence-corrected chi connectivity index (χ1v) is 7.45. The predicted molar refractivity (Wildman–Crippen MR) is 82.3 cm³/mol. The summed E-state index contributed by atoms with van der Waals surface area (Å²) in [4.78, 5) is 12.4. The lowest BCUT2D eigenvalue weighted by atomic mass is 9.88. The maximum atomic E-state index is 12.4. The molecule has 2 heteroatoms. The van der Waals surface area contributed by atoms with Crippen molar-refractivity contribution in [1.29, 1.82) is 0 Å². The summed E-state index contributed by atoms with van der Waals surface area (Å²) in [5.41, 5.74) is 2.05. The molecule has 1 aliphatic carbocycles. The third-order valence-corrected chi connectivity index (χ3v) is 4.24. The summed E-state index contributed by atoms with van der Waals surface area (Å²) in [6, 6.07) is 17.5. The van der Waals surface area contributed by atoms with Gasteiger partial charge in [-0.3, -0.25) is 4.79 Å². The Bertz CT molecular complexity index is 585. The molecule has 0 bridgehead atoms. The summed E-state index contributed by atoms with van der Waals surface area (Å²) >= 11 is 5.95. The first kappa shape index (κ1) is 13.4. The van der Waals surface area contributed by atoms with E-state index in [2.05, 4.69) is 12.1 Å². The largest absolute Gasteiger partial charge is 0.294 e. The number of carbonyl (C=O) groups is 1. The summed E-state index contributed by atoms with van der Waals surface area (Å²) in [7, 11) is 0. The van der Waals surface area contributed by atoms with Crippen LogP contribution in [0.3, 0.4) is 0 Å². The minimum atomic E-state index is 0.234. The van der Waals surface area contributed by atoms with E-state index in [-0.39, 0.29) is 5.78 Å². The standard InChI is InChI=1S/C18H17ClO/c19-16-10-8-14(9-11-16)17(13-6-7-13)12-18(20)15-4-2-1-3-5-15/h1-5,8-11,13,17H,6-7,12H2/t17-/m1/s1. The van der Waals surface area contributed by atoms with E-state index >= 15 is 0 Å². The van der Waals surface area contributed by atoms with E-state index in [0.29, 0.717) is 18.3 Å². The first-order valence-electron chi connectivity index (χ1n) is 7.08. The highest BCUT2D eigenvalue weighted by Crippen LogP contribution is 2.45. The molecule has 2 aromatic carbocycles. The fraction of sp³-hybridized carbons (Fsp3) is 0.278. The van der Waals surface area contributed by atoms with Gasteiger partial charge in [-0.05, 0) is 42.4 Å². The normalized spacial score (nSPS) is 15.8. The zero-order valence-electron chi connectivity index (χ0n) is 11.3. The van der Waals surface area contributed by atoms with Crippen molar-refractivity contribution in [3.63, 3.8) is 0 Å². The van der Waals surface area contributed by atoms with Crippen molar-refractivity contribution in [3.05, 3.63) is 70.7 Å². The van der Waals surface area contributed by atoms with Crippen LogP contribution in [0, 0.1) is 5.92 Å². The van der Waals surface area contributed by atoms with Crippen LogP contribution in [0.25, 0.3) is 0 Å². The Balaban J connectivity index is 1.78. The Morgan fingerprint density at radius 1 is 1.05 bits per heavy atom. The van der Waals surface area contributed by atoms with Crippen molar-refractivity contribution in [1.82, 2.24) is 0 Å². The van der Waals surface area contributed by atoms with Crippen LogP contribution in [0.1, 0.15) is 41.1 Å². The van der Waals surface area contributed by atoms with Gasteiger partial charge in [0.25, 0.3) is 0 Å². The van der Waals surface area contributed by atoms with Crippen LogP contribution < -0.4 is 0 Å². The number of hydrogen-bond acceptors (Lipinski definition) is 1. The van der Waals surface area contributed by atoms with E-state index in [0.717, 1.165) is 10.6 Å². The Hall–Kier alpha value is -1.60. The maximum Gasteiger partial charge on any atom is 0.163 e. The predicted octanol–water partition coefficient (Wildman–Crippen LogP) is 5.11. The first-order chi connectivity index (χ1) is 9.74. The van der Waals surface area contributed by atoms with E-state index in [4.69, 9.17) is 11.6 Å². The van der Waals surface area contributed by atoms with Gasteiger partial charge in [0.1, 0.15) is 0 Å². The number of halogens is 1. The Labute approximate surface area is 124 Å². The van der Waals surface area contributed by atoms with Gasteiger partial charge in [0.2, 0.25) is 0 Å². The number of carbonyl (C=O) groups excluding carboxylic acids is 1. The van der Waals surface area contributed by atoms with Crippen molar-refractivity contribution in [2.75, 3.05) is 0 Å². The van der Waals surface area contributed by atoms with Crippen LogP contribution in [-0.2, 0) is 0 Å². The van der Waals surface area contributed by atoms with Gasteiger partial charge >= 0.3 is 0 Å². The summed E-state index contributed by atoms with van der Waals surface area (Å²) in [6.07, 6.45) is 3.06. The Morgan fingerprint density at radius 2 is 1.70 bits per heavy atom. The summed E-state index contributed by atoms with van der Waals surface area (Å²) in [6.45, 7) is 0. The van der Waals surface area contributed by atoms with Gasteiger partial charge in [-0.2, -0.15) is 0 Å². The molecule has 0 aromatic heterocycles. The topological polar surface area (TPSA) is 17.1 Å². The molecule has 1 nitrogen and oxygen atoms in total. The molecule has 0 heterocycles. The van der Waals surface area contributed by atoms with Crippen LogP contribution in [0.2, 0.25) is 5.02 Å².